The Morgan fingerprint density at radius 3 is 2.81 bits per heavy atom. The van der Waals surface area contributed by atoms with E-state index in [2.05, 4.69) is 18.2 Å². The van der Waals surface area contributed by atoms with Gasteiger partial charge in [0.1, 0.15) is 0 Å². The number of carbonyl (C=O) groups excluding carboxylic acids is 1. The van der Waals surface area contributed by atoms with Crippen LogP contribution >= 0.6 is 0 Å². The van der Waals surface area contributed by atoms with Crippen molar-refractivity contribution in [2.24, 2.45) is 0 Å². The van der Waals surface area contributed by atoms with Crippen LogP contribution < -0.4 is 0 Å². The molecule has 4 nitrogen and oxygen atoms in total. The fourth-order valence-corrected chi connectivity index (χ4v) is 2.85. The second kappa shape index (κ2) is 6.16. The van der Waals surface area contributed by atoms with Crippen molar-refractivity contribution in [1.29, 1.82) is 0 Å². The molecular weight excluding hydrogens is 266 g/mol. The normalized spacial score (nSPS) is 21.4. The lowest BCUT2D eigenvalue weighted by atomic mass is 10.0. The Morgan fingerprint density at radius 2 is 2.14 bits per heavy atom. The summed E-state index contributed by atoms with van der Waals surface area (Å²) in [6.07, 6.45) is 0.109. The summed E-state index contributed by atoms with van der Waals surface area (Å²) in [5, 5.41) is 9.33. The molecule has 1 aliphatic rings. The third-order valence-electron chi connectivity index (χ3n) is 3.88. The molecule has 4 heteroatoms. The Balaban J connectivity index is 2.10. The van der Waals surface area contributed by atoms with Gasteiger partial charge in [-0.3, -0.25) is 4.79 Å². The van der Waals surface area contributed by atoms with E-state index in [1.807, 2.05) is 32.6 Å². The number of hydrogen-bond donors (Lipinski definition) is 1. The zero-order valence-electron chi connectivity index (χ0n) is 13.3. The lowest BCUT2D eigenvalue weighted by Crippen LogP contribution is -2.55. The first-order valence-corrected chi connectivity index (χ1v) is 7.43. The Morgan fingerprint density at radius 1 is 1.43 bits per heavy atom. The molecule has 1 atom stereocenters. The first kappa shape index (κ1) is 16.0. The number of aliphatic hydroxyl groups is 1. The molecule has 1 saturated heterocycles. The highest BCUT2D eigenvalue weighted by Gasteiger charge is 2.35. The van der Waals surface area contributed by atoms with E-state index in [0.717, 1.165) is 11.1 Å². The van der Waals surface area contributed by atoms with Crippen molar-refractivity contribution in [2.75, 3.05) is 19.7 Å². The van der Waals surface area contributed by atoms with Crippen molar-refractivity contribution in [2.45, 2.75) is 45.8 Å². The number of hydrogen-bond acceptors (Lipinski definition) is 3. The molecule has 0 radical (unpaired) electrons. The van der Waals surface area contributed by atoms with Gasteiger partial charge in [0, 0.05) is 13.1 Å². The fraction of sp³-hybridized carbons (Fsp3) is 0.588. The van der Waals surface area contributed by atoms with E-state index in [1.165, 1.54) is 5.56 Å². The van der Waals surface area contributed by atoms with Crippen molar-refractivity contribution in [1.82, 2.24) is 4.90 Å². The molecule has 2 rings (SSSR count). The number of aryl methyl sites for hydroxylation is 2. The molecule has 1 fully saturated rings. The summed E-state index contributed by atoms with van der Waals surface area (Å²) < 4.78 is 5.75. The molecule has 1 aliphatic heterocycles. The topological polar surface area (TPSA) is 49.8 Å². The van der Waals surface area contributed by atoms with E-state index in [1.54, 1.807) is 0 Å². The molecule has 1 aromatic carbocycles. The van der Waals surface area contributed by atoms with Gasteiger partial charge in [0.2, 0.25) is 5.91 Å². The monoisotopic (exact) mass is 291 g/mol. The highest BCUT2D eigenvalue weighted by molar-refractivity contribution is 5.79. The molecular formula is C17H25NO3. The molecule has 1 unspecified atom stereocenters. The summed E-state index contributed by atoms with van der Waals surface area (Å²) in [4.78, 5) is 14.4. The summed E-state index contributed by atoms with van der Waals surface area (Å²) in [5.41, 5.74) is 2.96. The van der Waals surface area contributed by atoms with Crippen molar-refractivity contribution in [3.8, 4) is 0 Å². The van der Waals surface area contributed by atoms with Crippen LogP contribution in [0.2, 0.25) is 0 Å². The summed E-state index contributed by atoms with van der Waals surface area (Å²) >= 11 is 0. The molecule has 0 spiro atoms. The SMILES string of the molecule is Cc1ccc(C)c(CC(=O)N2CC(CO)OC(C)(C)C2)c1. The molecule has 116 valence electrons. The molecule has 1 amide bonds. The van der Waals surface area contributed by atoms with Gasteiger partial charge in [0.15, 0.2) is 0 Å². The number of aliphatic hydroxyl groups excluding tert-OH is 1. The Kier molecular flexibility index (Phi) is 4.69. The predicted octanol–water partition coefficient (Wildman–Crippen LogP) is 1.84. The van der Waals surface area contributed by atoms with E-state index >= 15 is 0 Å². The molecule has 0 bridgehead atoms. The quantitative estimate of drug-likeness (QED) is 0.924. The zero-order chi connectivity index (χ0) is 15.6. The van der Waals surface area contributed by atoms with Crippen LogP contribution in [0.4, 0.5) is 0 Å². The number of ether oxygens (including phenoxy) is 1. The molecule has 1 aromatic rings. The van der Waals surface area contributed by atoms with Crippen LogP contribution in [0.1, 0.15) is 30.5 Å². The lowest BCUT2D eigenvalue weighted by Gasteiger charge is -2.42. The minimum atomic E-state index is -0.414. The first-order chi connectivity index (χ1) is 9.80. The van der Waals surface area contributed by atoms with E-state index in [-0.39, 0.29) is 18.6 Å². The molecule has 21 heavy (non-hydrogen) atoms. The first-order valence-electron chi connectivity index (χ1n) is 7.43. The van der Waals surface area contributed by atoms with Crippen LogP contribution in [0.5, 0.6) is 0 Å². The summed E-state index contributed by atoms with van der Waals surface area (Å²) in [6.45, 7) is 8.93. The van der Waals surface area contributed by atoms with Crippen LogP contribution in [0.3, 0.4) is 0 Å². The fourth-order valence-electron chi connectivity index (χ4n) is 2.85. The maximum absolute atomic E-state index is 12.6. The van der Waals surface area contributed by atoms with Gasteiger partial charge in [-0.1, -0.05) is 23.8 Å². The van der Waals surface area contributed by atoms with Crippen LogP contribution in [0, 0.1) is 13.8 Å². The minimum Gasteiger partial charge on any atom is -0.394 e. The van der Waals surface area contributed by atoms with Gasteiger partial charge in [-0.15, -0.1) is 0 Å². The number of benzene rings is 1. The van der Waals surface area contributed by atoms with Crippen molar-refractivity contribution >= 4 is 5.91 Å². The van der Waals surface area contributed by atoms with Gasteiger partial charge in [-0.05, 0) is 38.8 Å². The van der Waals surface area contributed by atoms with Crippen LogP contribution in [-0.2, 0) is 16.0 Å². The van der Waals surface area contributed by atoms with Gasteiger partial charge in [0.05, 0.1) is 24.7 Å². The molecule has 0 aliphatic carbocycles. The van der Waals surface area contributed by atoms with E-state index in [4.69, 9.17) is 4.74 Å². The largest absolute Gasteiger partial charge is 0.394 e. The average Bonchev–Trinajstić information content (AvgIpc) is 2.41. The third kappa shape index (κ3) is 4.05. The van der Waals surface area contributed by atoms with Crippen molar-refractivity contribution in [3.63, 3.8) is 0 Å². The second-order valence-electron chi connectivity index (χ2n) is 6.56. The van der Waals surface area contributed by atoms with Gasteiger partial charge in [0.25, 0.3) is 0 Å². The molecule has 1 heterocycles. The summed E-state index contributed by atoms with van der Waals surface area (Å²) in [6, 6.07) is 6.18. The van der Waals surface area contributed by atoms with Crippen LogP contribution in [0.25, 0.3) is 0 Å². The maximum atomic E-state index is 12.6. The molecule has 0 aromatic heterocycles. The van der Waals surface area contributed by atoms with E-state index in [9.17, 15) is 9.90 Å². The summed E-state index contributed by atoms with van der Waals surface area (Å²) in [5.74, 6) is 0.0959. The highest BCUT2D eigenvalue weighted by Crippen LogP contribution is 2.22. The molecule has 0 saturated carbocycles. The van der Waals surface area contributed by atoms with Gasteiger partial charge in [-0.2, -0.15) is 0 Å². The highest BCUT2D eigenvalue weighted by atomic mass is 16.5. The number of morpholine rings is 1. The number of amides is 1. The third-order valence-corrected chi connectivity index (χ3v) is 3.88. The zero-order valence-corrected chi connectivity index (χ0v) is 13.3. The van der Waals surface area contributed by atoms with Crippen LogP contribution in [-0.4, -0.2) is 47.3 Å². The summed E-state index contributed by atoms with van der Waals surface area (Å²) in [7, 11) is 0. The average molecular weight is 291 g/mol. The van der Waals surface area contributed by atoms with Crippen molar-refractivity contribution in [3.05, 3.63) is 34.9 Å². The smallest absolute Gasteiger partial charge is 0.227 e. The number of carbonyl (C=O) groups is 1. The van der Waals surface area contributed by atoms with Gasteiger partial charge < -0.3 is 14.7 Å². The van der Waals surface area contributed by atoms with Crippen LogP contribution in [0.15, 0.2) is 18.2 Å². The van der Waals surface area contributed by atoms with Gasteiger partial charge in [-0.25, -0.2) is 0 Å². The second-order valence-corrected chi connectivity index (χ2v) is 6.56. The maximum Gasteiger partial charge on any atom is 0.227 e. The minimum absolute atomic E-state index is 0.0588. The number of rotatable bonds is 3. The lowest BCUT2D eigenvalue weighted by molar-refractivity contribution is -0.166. The standard InChI is InChI=1S/C17H25NO3/c1-12-5-6-13(2)14(7-12)8-16(20)18-9-15(10-19)21-17(3,4)11-18/h5-7,15,19H,8-11H2,1-4H3. The van der Waals surface area contributed by atoms with E-state index in [0.29, 0.717) is 19.5 Å². The Bertz CT molecular complexity index is 525. The van der Waals surface area contributed by atoms with Gasteiger partial charge >= 0.3 is 0 Å². The Labute approximate surface area is 126 Å². The Hall–Kier alpha value is -1.39. The molecule has 1 N–H and O–H groups in total. The van der Waals surface area contributed by atoms with Crippen molar-refractivity contribution < 1.29 is 14.6 Å². The van der Waals surface area contributed by atoms with E-state index < -0.39 is 5.60 Å². The number of nitrogens with zero attached hydrogens (tertiary/aromatic N) is 1. The predicted molar refractivity (Wildman–Crippen MR) is 82.2 cm³/mol.